The second-order valence-electron chi connectivity index (χ2n) is 8.18. The summed E-state index contributed by atoms with van der Waals surface area (Å²) in [6.45, 7) is 6.74. The van der Waals surface area contributed by atoms with Crippen molar-refractivity contribution in [3.8, 4) is 0 Å². The molecule has 2 aliphatic heterocycles. The molecular weight excluding hydrogens is 381 g/mol. The van der Waals surface area contributed by atoms with Gasteiger partial charge in [0, 0.05) is 62.1 Å². The van der Waals surface area contributed by atoms with Crippen LogP contribution < -0.4 is 4.90 Å². The summed E-state index contributed by atoms with van der Waals surface area (Å²) in [5, 5.41) is 0. The molecule has 2 aromatic carbocycles. The van der Waals surface area contributed by atoms with Crippen LogP contribution in [0.3, 0.4) is 0 Å². The van der Waals surface area contributed by atoms with Gasteiger partial charge in [-0.05, 0) is 56.2 Å². The molecule has 30 heavy (non-hydrogen) atoms. The Morgan fingerprint density at radius 1 is 0.867 bits per heavy atom. The molecule has 0 aliphatic carbocycles. The topological polar surface area (TPSA) is 43.9 Å². The number of hydrogen-bond acceptors (Lipinski definition) is 4. The van der Waals surface area contributed by atoms with Crippen molar-refractivity contribution in [2.45, 2.75) is 25.8 Å². The van der Waals surface area contributed by atoms with Gasteiger partial charge in [0.05, 0.1) is 0 Å². The third-order valence-electron chi connectivity index (χ3n) is 6.24. The van der Waals surface area contributed by atoms with E-state index in [1.54, 1.807) is 24.3 Å². The first-order chi connectivity index (χ1) is 14.5. The van der Waals surface area contributed by atoms with E-state index in [-0.39, 0.29) is 17.5 Å². The largest absolute Gasteiger partial charge is 0.369 e. The number of nitrogens with zero attached hydrogens (tertiary/aromatic N) is 3. The molecule has 158 valence electrons. The fourth-order valence-electron chi connectivity index (χ4n) is 4.46. The normalized spacial score (nSPS) is 20.3. The predicted octanol–water partition coefficient (Wildman–Crippen LogP) is 3.46. The van der Waals surface area contributed by atoms with Crippen molar-refractivity contribution in [3.63, 3.8) is 0 Å². The highest BCUT2D eigenvalue weighted by atomic mass is 19.1. The number of benzene rings is 2. The van der Waals surface area contributed by atoms with Crippen LogP contribution in [-0.4, -0.2) is 66.8 Å². The lowest BCUT2D eigenvalue weighted by molar-refractivity contribution is 0.0563. The van der Waals surface area contributed by atoms with Gasteiger partial charge in [0.25, 0.3) is 5.91 Å². The molecule has 4 rings (SSSR count). The highest BCUT2D eigenvalue weighted by Gasteiger charge is 2.30. The molecule has 0 bridgehead atoms. The van der Waals surface area contributed by atoms with Gasteiger partial charge in [0.15, 0.2) is 5.78 Å². The van der Waals surface area contributed by atoms with Gasteiger partial charge in [0.2, 0.25) is 0 Å². The van der Waals surface area contributed by atoms with E-state index in [9.17, 15) is 14.0 Å². The fourth-order valence-corrected chi connectivity index (χ4v) is 4.46. The molecule has 5 nitrogen and oxygen atoms in total. The first kappa shape index (κ1) is 20.5. The summed E-state index contributed by atoms with van der Waals surface area (Å²) in [6, 6.07) is 14.0. The lowest BCUT2D eigenvalue weighted by atomic mass is 10.0. The van der Waals surface area contributed by atoms with Crippen LogP contribution in [0.1, 0.15) is 40.5 Å². The van der Waals surface area contributed by atoms with Crippen molar-refractivity contribution < 1.29 is 14.0 Å². The number of ketones is 1. The SMILES string of the molecule is CC(=O)c1ccc(C(=O)N2CCC[C@H](N3CCN(c4ccc(F)cc4)CC3)C2)cc1. The highest BCUT2D eigenvalue weighted by molar-refractivity contribution is 5.97. The van der Waals surface area contributed by atoms with E-state index in [4.69, 9.17) is 0 Å². The lowest BCUT2D eigenvalue weighted by Gasteiger charge is -2.44. The van der Waals surface area contributed by atoms with Crippen molar-refractivity contribution >= 4 is 17.4 Å². The van der Waals surface area contributed by atoms with Crippen LogP contribution in [0.25, 0.3) is 0 Å². The van der Waals surface area contributed by atoms with Crippen molar-refractivity contribution in [2.24, 2.45) is 0 Å². The number of piperidine rings is 1. The summed E-state index contributed by atoms with van der Waals surface area (Å²) in [5.74, 6) is -0.160. The molecule has 0 aromatic heterocycles. The first-order valence-corrected chi connectivity index (χ1v) is 10.7. The second-order valence-corrected chi connectivity index (χ2v) is 8.18. The molecule has 2 heterocycles. The Balaban J connectivity index is 1.34. The Bertz CT molecular complexity index is 890. The molecule has 6 heteroatoms. The number of halogens is 1. The molecule has 1 amide bonds. The number of amides is 1. The standard InChI is InChI=1S/C24H28FN3O2/c1-18(29)19-4-6-20(7-5-19)24(30)28-12-2-3-23(17-28)27-15-13-26(14-16-27)22-10-8-21(25)9-11-22/h4-11,23H,2-3,12-17H2,1H3/t23-/m0/s1. The molecule has 2 fully saturated rings. The van der Waals surface area contributed by atoms with Gasteiger partial charge in [-0.2, -0.15) is 0 Å². The Kier molecular flexibility index (Phi) is 6.13. The number of Topliss-reactive ketones (excluding diaryl/α,β-unsaturated/α-hetero) is 1. The van der Waals surface area contributed by atoms with Crippen molar-refractivity contribution in [2.75, 3.05) is 44.2 Å². The number of anilines is 1. The zero-order valence-corrected chi connectivity index (χ0v) is 17.4. The Morgan fingerprint density at radius 3 is 2.13 bits per heavy atom. The number of carbonyl (C=O) groups is 2. The second kappa shape index (κ2) is 8.96. The molecule has 2 aliphatic rings. The van der Waals surface area contributed by atoms with Crippen LogP contribution in [0.5, 0.6) is 0 Å². The molecule has 0 spiro atoms. The van der Waals surface area contributed by atoms with E-state index in [2.05, 4.69) is 9.80 Å². The summed E-state index contributed by atoms with van der Waals surface area (Å²) in [5.41, 5.74) is 2.33. The van der Waals surface area contributed by atoms with Crippen molar-refractivity contribution in [1.29, 1.82) is 0 Å². The maximum Gasteiger partial charge on any atom is 0.253 e. The van der Waals surface area contributed by atoms with Gasteiger partial charge in [-0.15, -0.1) is 0 Å². The minimum atomic E-state index is -0.208. The summed E-state index contributed by atoms with van der Waals surface area (Å²) in [4.78, 5) is 31.1. The average molecular weight is 410 g/mol. The quantitative estimate of drug-likeness (QED) is 0.726. The summed E-state index contributed by atoms with van der Waals surface area (Å²) in [7, 11) is 0. The van der Waals surface area contributed by atoms with Crippen LogP contribution in [0, 0.1) is 5.82 Å². The Hall–Kier alpha value is -2.73. The van der Waals surface area contributed by atoms with Gasteiger partial charge in [0.1, 0.15) is 5.82 Å². The van der Waals surface area contributed by atoms with Crippen LogP contribution in [0.4, 0.5) is 10.1 Å². The van der Waals surface area contributed by atoms with Crippen LogP contribution in [0.2, 0.25) is 0 Å². The third kappa shape index (κ3) is 4.54. The Labute approximate surface area is 177 Å². The van der Waals surface area contributed by atoms with Gasteiger partial charge in [-0.1, -0.05) is 12.1 Å². The molecule has 2 saturated heterocycles. The molecule has 1 atom stereocenters. The van der Waals surface area contributed by atoms with Gasteiger partial charge in [-0.3, -0.25) is 14.5 Å². The lowest BCUT2D eigenvalue weighted by Crippen LogP contribution is -2.55. The summed E-state index contributed by atoms with van der Waals surface area (Å²) < 4.78 is 13.2. The fraction of sp³-hybridized carbons (Fsp3) is 0.417. The maximum absolute atomic E-state index is 13.2. The zero-order chi connectivity index (χ0) is 21.1. The molecule has 0 saturated carbocycles. The van der Waals surface area contributed by atoms with E-state index < -0.39 is 0 Å². The van der Waals surface area contributed by atoms with Crippen molar-refractivity contribution in [3.05, 3.63) is 65.5 Å². The highest BCUT2D eigenvalue weighted by Crippen LogP contribution is 2.22. The summed E-state index contributed by atoms with van der Waals surface area (Å²) in [6.07, 6.45) is 2.10. The van der Waals surface area contributed by atoms with E-state index >= 15 is 0 Å². The van der Waals surface area contributed by atoms with Crippen LogP contribution in [-0.2, 0) is 0 Å². The third-order valence-corrected chi connectivity index (χ3v) is 6.24. The molecule has 0 unspecified atom stereocenters. The van der Waals surface area contributed by atoms with Crippen LogP contribution >= 0.6 is 0 Å². The average Bonchev–Trinajstić information content (AvgIpc) is 2.79. The first-order valence-electron chi connectivity index (χ1n) is 10.7. The molecule has 0 N–H and O–H groups in total. The van der Waals surface area contributed by atoms with E-state index in [0.29, 0.717) is 17.2 Å². The maximum atomic E-state index is 13.2. The van der Waals surface area contributed by atoms with Gasteiger partial charge in [-0.25, -0.2) is 4.39 Å². The monoisotopic (exact) mass is 409 g/mol. The van der Waals surface area contributed by atoms with Gasteiger partial charge >= 0.3 is 0 Å². The molecular formula is C24H28FN3O2. The van der Waals surface area contributed by atoms with Gasteiger partial charge < -0.3 is 9.80 Å². The summed E-state index contributed by atoms with van der Waals surface area (Å²) >= 11 is 0. The van der Waals surface area contributed by atoms with E-state index in [1.165, 1.54) is 19.1 Å². The minimum Gasteiger partial charge on any atom is -0.369 e. The number of carbonyl (C=O) groups excluding carboxylic acids is 2. The van der Waals surface area contributed by atoms with E-state index in [1.807, 2.05) is 17.0 Å². The zero-order valence-electron chi connectivity index (χ0n) is 17.4. The number of hydrogen-bond donors (Lipinski definition) is 0. The van der Waals surface area contributed by atoms with Crippen molar-refractivity contribution in [1.82, 2.24) is 9.80 Å². The molecule has 2 aromatic rings. The van der Waals surface area contributed by atoms with Crippen LogP contribution in [0.15, 0.2) is 48.5 Å². The number of likely N-dealkylation sites (tertiary alicyclic amines) is 1. The Morgan fingerprint density at radius 2 is 1.50 bits per heavy atom. The smallest absolute Gasteiger partial charge is 0.253 e. The predicted molar refractivity (Wildman–Crippen MR) is 116 cm³/mol. The number of piperazine rings is 1. The number of rotatable bonds is 4. The minimum absolute atomic E-state index is 0.00631. The molecule has 0 radical (unpaired) electrons. The van der Waals surface area contributed by atoms with E-state index in [0.717, 1.165) is 57.8 Å².